The highest BCUT2D eigenvalue weighted by molar-refractivity contribution is 6.06. The van der Waals surface area contributed by atoms with Crippen molar-refractivity contribution < 1.29 is 4.79 Å². The largest absolute Gasteiger partial charge is 0.298 e. The second kappa shape index (κ2) is 4.98. The minimum absolute atomic E-state index is 0.660. The molecular formula is C16H12N2O. The zero-order valence-electron chi connectivity index (χ0n) is 10.3. The van der Waals surface area contributed by atoms with Crippen LogP contribution in [0.5, 0.6) is 0 Å². The normalized spacial score (nSPS) is 13.4. The molecule has 0 saturated heterocycles. The van der Waals surface area contributed by atoms with Crippen molar-refractivity contribution in [3.8, 4) is 11.1 Å². The summed E-state index contributed by atoms with van der Waals surface area (Å²) < 4.78 is 0. The second-order valence-corrected chi connectivity index (χ2v) is 4.30. The van der Waals surface area contributed by atoms with Crippen molar-refractivity contribution in [3.63, 3.8) is 0 Å². The van der Waals surface area contributed by atoms with Crippen LogP contribution in [0.3, 0.4) is 0 Å². The standard InChI is InChI=1S/C16H12N2O/c19-11-12-4-6-13(7-5-12)14-2-1-3-15(10-14)16-17-8-9-18-16/h1-8,10-11H,9H2. The van der Waals surface area contributed by atoms with E-state index in [1.54, 1.807) is 6.21 Å². The van der Waals surface area contributed by atoms with Gasteiger partial charge >= 0.3 is 0 Å². The van der Waals surface area contributed by atoms with E-state index in [1.165, 1.54) is 0 Å². The Labute approximate surface area is 111 Å². The smallest absolute Gasteiger partial charge is 0.154 e. The molecule has 3 rings (SSSR count). The third kappa shape index (κ3) is 2.36. The van der Waals surface area contributed by atoms with Gasteiger partial charge in [0.2, 0.25) is 0 Å². The summed E-state index contributed by atoms with van der Waals surface area (Å²) in [6.45, 7) is 0.660. The van der Waals surface area contributed by atoms with Crippen LogP contribution in [0.4, 0.5) is 0 Å². The average Bonchev–Trinajstić information content (AvgIpc) is 3.02. The van der Waals surface area contributed by atoms with E-state index in [4.69, 9.17) is 0 Å². The number of benzene rings is 2. The molecule has 0 aromatic heterocycles. The number of carbonyl (C=O) groups excluding carboxylic acids is 1. The van der Waals surface area contributed by atoms with Gasteiger partial charge in [-0.05, 0) is 17.2 Å². The maximum Gasteiger partial charge on any atom is 0.154 e. The number of nitrogens with zero attached hydrogens (tertiary/aromatic N) is 2. The van der Waals surface area contributed by atoms with Gasteiger partial charge in [-0.3, -0.25) is 9.79 Å². The summed E-state index contributed by atoms with van der Waals surface area (Å²) >= 11 is 0. The Bertz CT molecular complexity index is 669. The highest BCUT2D eigenvalue weighted by atomic mass is 16.1. The lowest BCUT2D eigenvalue weighted by molar-refractivity contribution is 0.112. The summed E-state index contributed by atoms with van der Waals surface area (Å²) in [5.74, 6) is 0.784. The van der Waals surface area contributed by atoms with Crippen LogP contribution >= 0.6 is 0 Å². The minimum Gasteiger partial charge on any atom is -0.298 e. The third-order valence-electron chi connectivity index (χ3n) is 3.04. The monoisotopic (exact) mass is 248 g/mol. The maximum absolute atomic E-state index is 10.7. The minimum atomic E-state index is 0.660. The first-order chi connectivity index (χ1) is 9.36. The fourth-order valence-corrected chi connectivity index (χ4v) is 2.05. The Hall–Kier alpha value is -2.55. The first-order valence-electron chi connectivity index (χ1n) is 6.10. The van der Waals surface area contributed by atoms with Gasteiger partial charge in [0.15, 0.2) is 5.84 Å². The number of aldehydes is 1. The molecule has 2 aromatic carbocycles. The predicted octanol–water partition coefficient (Wildman–Crippen LogP) is 3.00. The van der Waals surface area contributed by atoms with Crippen LogP contribution in [-0.2, 0) is 0 Å². The van der Waals surface area contributed by atoms with E-state index in [9.17, 15) is 4.79 Å². The molecule has 0 bridgehead atoms. The van der Waals surface area contributed by atoms with Crippen LogP contribution in [0, 0.1) is 0 Å². The van der Waals surface area contributed by atoms with Gasteiger partial charge in [0.25, 0.3) is 0 Å². The highest BCUT2D eigenvalue weighted by Gasteiger charge is 2.06. The fourth-order valence-electron chi connectivity index (χ4n) is 2.05. The van der Waals surface area contributed by atoms with Gasteiger partial charge < -0.3 is 0 Å². The zero-order chi connectivity index (χ0) is 13.1. The zero-order valence-corrected chi connectivity index (χ0v) is 10.3. The first-order valence-corrected chi connectivity index (χ1v) is 6.10. The molecule has 0 unspecified atom stereocenters. The third-order valence-corrected chi connectivity index (χ3v) is 3.04. The summed E-state index contributed by atoms with van der Waals surface area (Å²) in [4.78, 5) is 19.2. The van der Waals surface area contributed by atoms with Crippen molar-refractivity contribution in [3.05, 3.63) is 59.7 Å². The van der Waals surface area contributed by atoms with Crippen molar-refractivity contribution >= 4 is 18.3 Å². The SMILES string of the molecule is O=Cc1ccc(-c2cccc(C3=NCC=N3)c2)cc1. The number of hydrogen-bond donors (Lipinski definition) is 0. The van der Waals surface area contributed by atoms with E-state index in [-0.39, 0.29) is 0 Å². The molecule has 0 fully saturated rings. The van der Waals surface area contributed by atoms with Crippen molar-refractivity contribution in [2.75, 3.05) is 6.54 Å². The molecule has 0 atom stereocenters. The van der Waals surface area contributed by atoms with Crippen LogP contribution in [0.25, 0.3) is 11.1 Å². The number of hydrogen-bond acceptors (Lipinski definition) is 3. The Kier molecular flexibility index (Phi) is 3.02. The molecule has 19 heavy (non-hydrogen) atoms. The maximum atomic E-state index is 10.7. The summed E-state index contributed by atoms with van der Waals surface area (Å²) in [6.07, 6.45) is 2.66. The Balaban J connectivity index is 1.98. The van der Waals surface area contributed by atoms with E-state index >= 15 is 0 Å². The predicted molar refractivity (Wildman–Crippen MR) is 77.2 cm³/mol. The van der Waals surface area contributed by atoms with Gasteiger partial charge in [0, 0.05) is 17.3 Å². The second-order valence-electron chi connectivity index (χ2n) is 4.30. The average molecular weight is 248 g/mol. The molecule has 3 nitrogen and oxygen atoms in total. The van der Waals surface area contributed by atoms with Crippen LogP contribution < -0.4 is 0 Å². The summed E-state index contributed by atoms with van der Waals surface area (Å²) in [5, 5.41) is 0. The molecule has 0 saturated carbocycles. The lowest BCUT2D eigenvalue weighted by Crippen LogP contribution is -1.94. The van der Waals surface area contributed by atoms with E-state index in [1.807, 2.05) is 42.5 Å². The molecule has 1 aliphatic rings. The van der Waals surface area contributed by atoms with Gasteiger partial charge in [-0.25, -0.2) is 4.99 Å². The molecule has 0 aliphatic carbocycles. The Morgan fingerprint density at radius 1 is 0.947 bits per heavy atom. The lowest BCUT2D eigenvalue weighted by Gasteiger charge is -2.04. The number of aliphatic imine (C=N–C) groups is 2. The van der Waals surface area contributed by atoms with Crippen LogP contribution in [0.1, 0.15) is 15.9 Å². The fraction of sp³-hybridized carbons (Fsp3) is 0.0625. The van der Waals surface area contributed by atoms with E-state index in [0.717, 1.165) is 28.8 Å². The molecule has 1 aliphatic heterocycles. The summed E-state index contributed by atoms with van der Waals surface area (Å²) in [7, 11) is 0. The van der Waals surface area contributed by atoms with Crippen LogP contribution in [0.15, 0.2) is 58.5 Å². The summed E-state index contributed by atoms with van der Waals surface area (Å²) in [6, 6.07) is 15.6. The van der Waals surface area contributed by atoms with Crippen LogP contribution in [-0.4, -0.2) is 24.9 Å². The first kappa shape index (κ1) is 11.5. The van der Waals surface area contributed by atoms with Crippen molar-refractivity contribution in [1.29, 1.82) is 0 Å². The van der Waals surface area contributed by atoms with Crippen molar-refractivity contribution in [2.45, 2.75) is 0 Å². The molecule has 2 aromatic rings. The van der Waals surface area contributed by atoms with Gasteiger partial charge in [-0.1, -0.05) is 42.5 Å². The Morgan fingerprint density at radius 2 is 1.74 bits per heavy atom. The molecule has 92 valence electrons. The van der Waals surface area contributed by atoms with Gasteiger partial charge in [-0.2, -0.15) is 0 Å². The van der Waals surface area contributed by atoms with E-state index in [0.29, 0.717) is 12.1 Å². The Morgan fingerprint density at radius 3 is 2.42 bits per heavy atom. The van der Waals surface area contributed by atoms with E-state index in [2.05, 4.69) is 16.1 Å². The van der Waals surface area contributed by atoms with Gasteiger partial charge in [0.1, 0.15) is 6.29 Å². The van der Waals surface area contributed by atoms with Crippen molar-refractivity contribution in [1.82, 2.24) is 0 Å². The molecule has 0 spiro atoms. The molecule has 0 N–H and O–H groups in total. The highest BCUT2D eigenvalue weighted by Crippen LogP contribution is 2.21. The topological polar surface area (TPSA) is 41.8 Å². The van der Waals surface area contributed by atoms with Crippen LogP contribution in [0.2, 0.25) is 0 Å². The molecule has 0 amide bonds. The van der Waals surface area contributed by atoms with Crippen molar-refractivity contribution in [2.24, 2.45) is 9.98 Å². The summed E-state index contributed by atoms with van der Waals surface area (Å²) in [5.41, 5.74) is 3.88. The van der Waals surface area contributed by atoms with Gasteiger partial charge in [0.05, 0.1) is 6.54 Å². The molecule has 1 heterocycles. The molecule has 0 radical (unpaired) electrons. The van der Waals surface area contributed by atoms with E-state index < -0.39 is 0 Å². The number of carbonyl (C=O) groups is 1. The molecular weight excluding hydrogens is 236 g/mol. The van der Waals surface area contributed by atoms with Gasteiger partial charge in [-0.15, -0.1) is 0 Å². The number of rotatable bonds is 3. The molecule has 3 heteroatoms. The quantitative estimate of drug-likeness (QED) is 0.770. The number of amidine groups is 1. The lowest BCUT2D eigenvalue weighted by atomic mass is 10.0.